The van der Waals surface area contributed by atoms with Crippen LogP contribution in [0.25, 0.3) is 0 Å². The third-order valence-electron chi connectivity index (χ3n) is 4.70. The molecule has 0 aliphatic carbocycles. The second kappa shape index (κ2) is 6.98. The standard InChI is InChI=1S/C19H21NO4S/c1-14(15-8-4-3-5-9-15)20-13-16(12-19(21)24-2)17-10-6-7-11-18(17)25(20,22)23/h3-11,14,16H,12-13H2,1-2H3/t14-,16-/m0/s1. The summed E-state index contributed by atoms with van der Waals surface area (Å²) in [5.41, 5.74) is 1.60. The SMILES string of the molecule is COC(=O)C[C@H]1CN([C@@H](C)c2ccccc2)S(=O)(=O)c2ccccc21. The number of hydrogen-bond donors (Lipinski definition) is 0. The molecule has 1 heterocycles. The van der Waals surface area contributed by atoms with Gasteiger partial charge in [-0.15, -0.1) is 0 Å². The number of methoxy groups -OCH3 is 1. The van der Waals surface area contributed by atoms with Crippen LogP contribution < -0.4 is 0 Å². The number of benzene rings is 2. The van der Waals surface area contributed by atoms with Gasteiger partial charge in [-0.05, 0) is 24.1 Å². The van der Waals surface area contributed by atoms with Crippen molar-refractivity contribution in [3.63, 3.8) is 0 Å². The van der Waals surface area contributed by atoms with Crippen LogP contribution in [-0.4, -0.2) is 32.3 Å². The van der Waals surface area contributed by atoms with E-state index in [2.05, 4.69) is 0 Å². The highest BCUT2D eigenvalue weighted by atomic mass is 32.2. The second-order valence-electron chi connectivity index (χ2n) is 6.18. The Morgan fingerprint density at radius 1 is 1.16 bits per heavy atom. The van der Waals surface area contributed by atoms with Crippen molar-refractivity contribution in [3.8, 4) is 0 Å². The Labute approximate surface area is 148 Å². The number of carbonyl (C=O) groups excluding carboxylic acids is 1. The maximum atomic E-state index is 13.1. The summed E-state index contributed by atoms with van der Waals surface area (Å²) in [5.74, 6) is -0.565. The van der Waals surface area contributed by atoms with Gasteiger partial charge < -0.3 is 4.74 Å². The van der Waals surface area contributed by atoms with E-state index < -0.39 is 10.0 Å². The van der Waals surface area contributed by atoms with Crippen LogP contribution in [0.15, 0.2) is 59.5 Å². The van der Waals surface area contributed by atoms with Crippen LogP contribution in [0, 0.1) is 0 Å². The minimum absolute atomic E-state index is 0.154. The maximum Gasteiger partial charge on any atom is 0.306 e. The van der Waals surface area contributed by atoms with Crippen molar-refractivity contribution in [1.29, 1.82) is 0 Å². The first-order valence-corrected chi connectivity index (χ1v) is 9.61. The van der Waals surface area contributed by atoms with Gasteiger partial charge in [-0.2, -0.15) is 4.31 Å². The second-order valence-corrected chi connectivity index (χ2v) is 8.04. The van der Waals surface area contributed by atoms with E-state index in [1.807, 2.05) is 37.3 Å². The molecular weight excluding hydrogens is 338 g/mol. The van der Waals surface area contributed by atoms with Crippen LogP contribution in [0.4, 0.5) is 0 Å². The molecule has 0 saturated carbocycles. The molecule has 5 nitrogen and oxygen atoms in total. The van der Waals surface area contributed by atoms with Gasteiger partial charge in [0.15, 0.2) is 0 Å². The smallest absolute Gasteiger partial charge is 0.306 e. The molecule has 0 aromatic heterocycles. The van der Waals surface area contributed by atoms with Crippen LogP contribution in [0.5, 0.6) is 0 Å². The Kier molecular flexibility index (Phi) is 4.92. The summed E-state index contributed by atoms with van der Waals surface area (Å²) in [6.45, 7) is 2.13. The van der Waals surface area contributed by atoms with Crippen LogP contribution in [0.3, 0.4) is 0 Å². The fraction of sp³-hybridized carbons (Fsp3) is 0.316. The van der Waals surface area contributed by atoms with E-state index in [1.165, 1.54) is 11.4 Å². The van der Waals surface area contributed by atoms with Crippen molar-refractivity contribution in [1.82, 2.24) is 4.31 Å². The van der Waals surface area contributed by atoms with Crippen molar-refractivity contribution >= 4 is 16.0 Å². The molecule has 0 spiro atoms. The van der Waals surface area contributed by atoms with E-state index in [-0.39, 0.29) is 35.8 Å². The van der Waals surface area contributed by atoms with Crippen molar-refractivity contribution in [3.05, 3.63) is 65.7 Å². The Morgan fingerprint density at radius 2 is 1.80 bits per heavy atom. The first kappa shape index (κ1) is 17.6. The Morgan fingerprint density at radius 3 is 2.48 bits per heavy atom. The predicted octanol–water partition coefficient (Wildman–Crippen LogP) is 3.10. The molecule has 2 aromatic carbocycles. The highest BCUT2D eigenvalue weighted by Gasteiger charge is 2.40. The largest absolute Gasteiger partial charge is 0.469 e. The van der Waals surface area contributed by atoms with Gasteiger partial charge in [-0.1, -0.05) is 48.5 Å². The van der Waals surface area contributed by atoms with E-state index in [9.17, 15) is 13.2 Å². The number of nitrogens with zero attached hydrogens (tertiary/aromatic N) is 1. The van der Waals surface area contributed by atoms with E-state index in [1.54, 1.807) is 24.3 Å². The Hall–Kier alpha value is -2.18. The third-order valence-corrected chi connectivity index (χ3v) is 6.71. The summed E-state index contributed by atoms with van der Waals surface area (Å²) < 4.78 is 32.5. The number of carbonyl (C=O) groups is 1. The van der Waals surface area contributed by atoms with Gasteiger partial charge in [0.1, 0.15) is 0 Å². The lowest BCUT2D eigenvalue weighted by Crippen LogP contribution is -2.41. The first-order valence-electron chi connectivity index (χ1n) is 8.17. The molecule has 1 aliphatic heterocycles. The number of hydrogen-bond acceptors (Lipinski definition) is 4. The number of rotatable bonds is 4. The number of fused-ring (bicyclic) bond motifs is 1. The molecule has 1 aliphatic rings. The van der Waals surface area contributed by atoms with Crippen molar-refractivity contribution in [2.45, 2.75) is 30.2 Å². The van der Waals surface area contributed by atoms with Gasteiger partial charge in [0.25, 0.3) is 0 Å². The average Bonchev–Trinajstić information content (AvgIpc) is 2.64. The van der Waals surface area contributed by atoms with Gasteiger partial charge in [-0.25, -0.2) is 8.42 Å². The molecule has 0 saturated heterocycles. The quantitative estimate of drug-likeness (QED) is 0.787. The average molecular weight is 359 g/mol. The van der Waals surface area contributed by atoms with E-state index in [0.717, 1.165) is 5.56 Å². The maximum absolute atomic E-state index is 13.1. The molecule has 0 fully saturated rings. The summed E-state index contributed by atoms with van der Waals surface area (Å²) in [6, 6.07) is 16.1. The summed E-state index contributed by atoms with van der Waals surface area (Å²) in [5, 5.41) is 0. The van der Waals surface area contributed by atoms with E-state index >= 15 is 0 Å². The van der Waals surface area contributed by atoms with Crippen LogP contribution >= 0.6 is 0 Å². The van der Waals surface area contributed by atoms with Crippen molar-refractivity contribution in [2.24, 2.45) is 0 Å². The molecule has 0 bridgehead atoms. The number of sulfonamides is 1. The van der Waals surface area contributed by atoms with E-state index in [4.69, 9.17) is 4.74 Å². The topological polar surface area (TPSA) is 63.7 Å². The molecular formula is C19H21NO4S. The van der Waals surface area contributed by atoms with Crippen molar-refractivity contribution < 1.29 is 17.9 Å². The summed E-state index contributed by atoms with van der Waals surface area (Å²) in [4.78, 5) is 12.1. The van der Waals surface area contributed by atoms with Gasteiger partial charge >= 0.3 is 5.97 Å². The van der Waals surface area contributed by atoms with Gasteiger partial charge in [0, 0.05) is 18.5 Å². The van der Waals surface area contributed by atoms with Gasteiger partial charge in [-0.3, -0.25) is 4.79 Å². The molecule has 2 aromatic rings. The van der Waals surface area contributed by atoms with Crippen LogP contribution in [0.2, 0.25) is 0 Å². The Balaban J connectivity index is 2.04. The minimum atomic E-state index is -3.62. The predicted molar refractivity (Wildman–Crippen MR) is 94.6 cm³/mol. The van der Waals surface area contributed by atoms with Crippen LogP contribution in [0.1, 0.15) is 36.4 Å². The fourth-order valence-electron chi connectivity index (χ4n) is 3.32. The zero-order valence-corrected chi connectivity index (χ0v) is 15.1. The third kappa shape index (κ3) is 3.32. The molecule has 3 rings (SSSR count). The lowest BCUT2D eigenvalue weighted by molar-refractivity contribution is -0.141. The molecule has 0 radical (unpaired) electrons. The summed E-state index contributed by atoms with van der Waals surface area (Å²) in [7, 11) is -2.28. The molecule has 132 valence electrons. The molecule has 0 unspecified atom stereocenters. The molecule has 2 atom stereocenters. The van der Waals surface area contributed by atoms with Crippen molar-refractivity contribution in [2.75, 3.05) is 13.7 Å². The van der Waals surface area contributed by atoms with Gasteiger partial charge in [0.2, 0.25) is 10.0 Å². The van der Waals surface area contributed by atoms with Crippen LogP contribution in [-0.2, 0) is 19.6 Å². The Bertz CT molecular complexity index is 864. The molecule has 6 heteroatoms. The zero-order valence-electron chi connectivity index (χ0n) is 14.3. The highest BCUT2D eigenvalue weighted by molar-refractivity contribution is 7.89. The zero-order chi connectivity index (χ0) is 18.0. The van der Waals surface area contributed by atoms with Gasteiger partial charge in [0.05, 0.1) is 18.4 Å². The molecule has 0 N–H and O–H groups in total. The first-order chi connectivity index (χ1) is 11.9. The normalized spacial score (nSPS) is 20.5. The molecule has 0 amide bonds. The number of ether oxygens (including phenoxy) is 1. The van der Waals surface area contributed by atoms with E-state index in [0.29, 0.717) is 5.56 Å². The summed E-state index contributed by atoms with van der Waals surface area (Å²) in [6.07, 6.45) is 0.154. The summed E-state index contributed by atoms with van der Waals surface area (Å²) >= 11 is 0. The number of esters is 1. The lowest BCUT2D eigenvalue weighted by Gasteiger charge is -2.37. The minimum Gasteiger partial charge on any atom is -0.469 e. The monoisotopic (exact) mass is 359 g/mol. The molecule has 25 heavy (non-hydrogen) atoms. The highest BCUT2D eigenvalue weighted by Crippen LogP contribution is 2.39. The fourth-order valence-corrected chi connectivity index (χ4v) is 5.27. The lowest BCUT2D eigenvalue weighted by atomic mass is 9.94.